The molecular weight excluding hydrogens is 390 g/mol. The maximum Gasteiger partial charge on any atom is 0.251 e. The van der Waals surface area contributed by atoms with E-state index >= 15 is 0 Å². The Morgan fingerprint density at radius 3 is 2.17 bits per heavy atom. The number of nitrogens with one attached hydrogen (secondary N) is 1. The van der Waals surface area contributed by atoms with E-state index in [0.29, 0.717) is 18.1 Å². The Morgan fingerprint density at radius 1 is 0.900 bits per heavy atom. The molecule has 0 fully saturated rings. The molecule has 1 N–H and O–H groups in total. The SMILES string of the molecule is CC(C)C[C@@H](NC(=O)c1ccc(OCCSc2ccccc2)cc1)c1ccccc1. The van der Waals surface area contributed by atoms with Gasteiger partial charge < -0.3 is 10.1 Å². The van der Waals surface area contributed by atoms with Crippen molar-refractivity contribution in [3.8, 4) is 5.75 Å². The van der Waals surface area contributed by atoms with Crippen molar-refractivity contribution in [2.24, 2.45) is 5.92 Å². The third-order valence-corrected chi connectivity index (χ3v) is 5.67. The Bertz CT molecular complexity index is 895. The lowest BCUT2D eigenvalue weighted by Crippen LogP contribution is -2.29. The third kappa shape index (κ3) is 6.96. The summed E-state index contributed by atoms with van der Waals surface area (Å²) in [6.07, 6.45) is 0.899. The molecule has 0 radical (unpaired) electrons. The third-order valence-electron chi connectivity index (χ3n) is 4.69. The van der Waals surface area contributed by atoms with Gasteiger partial charge in [0.25, 0.3) is 5.91 Å². The molecule has 0 saturated heterocycles. The van der Waals surface area contributed by atoms with E-state index in [4.69, 9.17) is 4.74 Å². The van der Waals surface area contributed by atoms with Crippen molar-refractivity contribution in [3.63, 3.8) is 0 Å². The Hall–Kier alpha value is -2.72. The lowest BCUT2D eigenvalue weighted by atomic mass is 9.96. The van der Waals surface area contributed by atoms with E-state index in [1.54, 1.807) is 11.8 Å². The monoisotopic (exact) mass is 419 g/mol. The van der Waals surface area contributed by atoms with Crippen LogP contribution in [0.3, 0.4) is 0 Å². The van der Waals surface area contributed by atoms with Crippen LogP contribution in [-0.2, 0) is 0 Å². The number of ether oxygens (including phenoxy) is 1. The summed E-state index contributed by atoms with van der Waals surface area (Å²) in [6.45, 7) is 4.96. The van der Waals surface area contributed by atoms with Gasteiger partial charge in [-0.1, -0.05) is 62.4 Å². The van der Waals surface area contributed by atoms with E-state index in [0.717, 1.165) is 23.5 Å². The zero-order chi connectivity index (χ0) is 21.2. The molecule has 1 atom stereocenters. The first kappa shape index (κ1) is 22.0. The van der Waals surface area contributed by atoms with E-state index in [1.165, 1.54) is 4.90 Å². The second-order valence-electron chi connectivity index (χ2n) is 7.60. The second-order valence-corrected chi connectivity index (χ2v) is 8.77. The molecule has 0 spiro atoms. The summed E-state index contributed by atoms with van der Waals surface area (Å²) in [4.78, 5) is 14.0. The highest BCUT2D eigenvalue weighted by Gasteiger charge is 2.17. The van der Waals surface area contributed by atoms with Crippen LogP contribution in [0.15, 0.2) is 89.8 Å². The number of carbonyl (C=O) groups excluding carboxylic acids is 1. The largest absolute Gasteiger partial charge is 0.493 e. The Labute approximate surface area is 183 Å². The minimum Gasteiger partial charge on any atom is -0.493 e. The number of rotatable bonds is 10. The number of benzene rings is 3. The Balaban J connectivity index is 1.52. The van der Waals surface area contributed by atoms with Crippen LogP contribution in [-0.4, -0.2) is 18.3 Å². The molecular formula is C26H29NO2S. The molecule has 30 heavy (non-hydrogen) atoms. The van der Waals surface area contributed by atoms with Gasteiger partial charge in [-0.15, -0.1) is 11.8 Å². The fourth-order valence-electron chi connectivity index (χ4n) is 3.21. The molecule has 0 saturated carbocycles. The second kappa shape index (κ2) is 11.5. The minimum absolute atomic E-state index is 0.00429. The normalized spacial score (nSPS) is 11.8. The molecule has 3 nitrogen and oxygen atoms in total. The quantitative estimate of drug-likeness (QED) is 0.306. The van der Waals surface area contributed by atoms with E-state index in [9.17, 15) is 4.79 Å². The van der Waals surface area contributed by atoms with Crippen LogP contribution in [0.1, 0.15) is 42.2 Å². The van der Waals surface area contributed by atoms with Crippen molar-refractivity contribution in [2.45, 2.75) is 31.2 Å². The zero-order valence-corrected chi connectivity index (χ0v) is 18.4. The van der Waals surface area contributed by atoms with Crippen LogP contribution >= 0.6 is 11.8 Å². The summed E-state index contributed by atoms with van der Waals surface area (Å²) in [5, 5.41) is 3.19. The van der Waals surface area contributed by atoms with Gasteiger partial charge >= 0.3 is 0 Å². The van der Waals surface area contributed by atoms with Gasteiger partial charge in [0.2, 0.25) is 0 Å². The van der Waals surface area contributed by atoms with Gasteiger partial charge in [0.1, 0.15) is 5.75 Å². The number of thioether (sulfide) groups is 1. The van der Waals surface area contributed by atoms with Crippen LogP contribution < -0.4 is 10.1 Å². The molecule has 1 amide bonds. The van der Waals surface area contributed by atoms with Crippen molar-refractivity contribution in [1.82, 2.24) is 5.32 Å². The zero-order valence-electron chi connectivity index (χ0n) is 17.6. The van der Waals surface area contributed by atoms with Crippen molar-refractivity contribution in [1.29, 1.82) is 0 Å². The predicted molar refractivity (Wildman–Crippen MR) is 125 cm³/mol. The van der Waals surface area contributed by atoms with Crippen LogP contribution in [0.2, 0.25) is 0 Å². The van der Waals surface area contributed by atoms with E-state index in [2.05, 4.69) is 43.4 Å². The maximum atomic E-state index is 12.8. The van der Waals surface area contributed by atoms with Gasteiger partial charge in [-0.3, -0.25) is 4.79 Å². The van der Waals surface area contributed by atoms with Crippen LogP contribution in [0, 0.1) is 5.92 Å². The molecule has 0 aromatic heterocycles. The minimum atomic E-state index is -0.0595. The fourth-order valence-corrected chi connectivity index (χ4v) is 3.97. The van der Waals surface area contributed by atoms with Gasteiger partial charge in [-0.2, -0.15) is 0 Å². The summed E-state index contributed by atoms with van der Waals surface area (Å²) >= 11 is 1.77. The van der Waals surface area contributed by atoms with Crippen LogP contribution in [0.5, 0.6) is 5.75 Å². The number of hydrogen-bond donors (Lipinski definition) is 1. The van der Waals surface area contributed by atoms with E-state index < -0.39 is 0 Å². The van der Waals surface area contributed by atoms with Gasteiger partial charge in [-0.25, -0.2) is 0 Å². The molecule has 0 heterocycles. The molecule has 0 bridgehead atoms. The molecule has 156 valence electrons. The molecule has 4 heteroatoms. The summed E-state index contributed by atoms with van der Waals surface area (Å²) in [5.74, 6) is 2.08. The lowest BCUT2D eigenvalue weighted by molar-refractivity contribution is 0.0932. The highest BCUT2D eigenvalue weighted by molar-refractivity contribution is 7.99. The Kier molecular flexibility index (Phi) is 8.40. The Morgan fingerprint density at radius 2 is 1.53 bits per heavy atom. The van der Waals surface area contributed by atoms with Gasteiger partial charge in [0.15, 0.2) is 0 Å². The highest BCUT2D eigenvalue weighted by atomic mass is 32.2. The summed E-state index contributed by atoms with van der Waals surface area (Å²) in [7, 11) is 0. The maximum absolute atomic E-state index is 12.8. The summed E-state index contributed by atoms with van der Waals surface area (Å²) in [6, 6.07) is 27.8. The topological polar surface area (TPSA) is 38.3 Å². The molecule has 3 rings (SSSR count). The summed E-state index contributed by atoms with van der Waals surface area (Å²) in [5.41, 5.74) is 1.78. The number of carbonyl (C=O) groups is 1. The van der Waals surface area contributed by atoms with Gasteiger partial charge in [0, 0.05) is 16.2 Å². The van der Waals surface area contributed by atoms with Crippen molar-refractivity contribution in [2.75, 3.05) is 12.4 Å². The summed E-state index contributed by atoms with van der Waals surface area (Å²) < 4.78 is 5.81. The lowest BCUT2D eigenvalue weighted by Gasteiger charge is -2.21. The highest BCUT2D eigenvalue weighted by Crippen LogP contribution is 2.22. The molecule has 0 aliphatic carbocycles. The van der Waals surface area contributed by atoms with Crippen LogP contribution in [0.4, 0.5) is 0 Å². The molecule has 0 aliphatic heterocycles. The molecule has 0 unspecified atom stereocenters. The first-order valence-electron chi connectivity index (χ1n) is 10.4. The van der Waals surface area contributed by atoms with Crippen molar-refractivity contribution >= 4 is 17.7 Å². The van der Waals surface area contributed by atoms with E-state index in [-0.39, 0.29) is 11.9 Å². The number of amides is 1. The predicted octanol–water partition coefficient (Wildman–Crippen LogP) is 6.37. The van der Waals surface area contributed by atoms with Crippen molar-refractivity contribution in [3.05, 3.63) is 96.1 Å². The van der Waals surface area contributed by atoms with Crippen LogP contribution in [0.25, 0.3) is 0 Å². The smallest absolute Gasteiger partial charge is 0.251 e. The molecule has 0 aliphatic rings. The van der Waals surface area contributed by atoms with Gasteiger partial charge in [0.05, 0.1) is 12.6 Å². The van der Waals surface area contributed by atoms with E-state index in [1.807, 2.05) is 60.7 Å². The first-order valence-corrected chi connectivity index (χ1v) is 11.4. The fraction of sp³-hybridized carbons (Fsp3) is 0.269. The average molecular weight is 420 g/mol. The number of hydrogen-bond acceptors (Lipinski definition) is 3. The van der Waals surface area contributed by atoms with Crippen molar-refractivity contribution < 1.29 is 9.53 Å². The molecule has 3 aromatic rings. The van der Waals surface area contributed by atoms with Gasteiger partial charge in [-0.05, 0) is 54.3 Å². The first-order chi connectivity index (χ1) is 14.6. The molecule has 3 aromatic carbocycles. The average Bonchev–Trinajstić information content (AvgIpc) is 2.77. The standard InChI is InChI=1S/C26H29NO2S/c1-20(2)19-25(21-9-5-3-6-10-21)27-26(28)22-13-15-23(16-14-22)29-17-18-30-24-11-7-4-8-12-24/h3-16,20,25H,17-19H2,1-2H3,(H,27,28)/t25-/m1/s1.